The molecule has 7 saturated heterocycles. The van der Waals surface area contributed by atoms with Crippen LogP contribution >= 0.6 is 42.4 Å². The predicted octanol–water partition coefficient (Wildman–Crippen LogP) is 4.41. The number of aromatic nitrogens is 16. The van der Waals surface area contributed by atoms with Crippen molar-refractivity contribution in [2.75, 3.05) is 44.3 Å². The average Bonchev–Trinajstić information content (AvgIpc) is 1.60. The van der Waals surface area contributed by atoms with Gasteiger partial charge in [-0.3, -0.25) is 31.2 Å². The van der Waals surface area contributed by atoms with Crippen molar-refractivity contribution in [1.82, 2.24) is 78.1 Å². The van der Waals surface area contributed by atoms with Crippen molar-refractivity contribution in [3.63, 3.8) is 0 Å². The number of carbonyl (C=O) groups is 1. The third-order valence-electron chi connectivity index (χ3n) is 17.2. The van der Waals surface area contributed by atoms with Gasteiger partial charge in [0.1, 0.15) is 115 Å². The zero-order chi connectivity index (χ0) is 79.8. The lowest BCUT2D eigenvalue weighted by molar-refractivity contribution is -0.199. The van der Waals surface area contributed by atoms with E-state index < -0.39 is 147 Å². The Labute approximate surface area is 651 Å². The Morgan fingerprint density at radius 3 is 1.35 bits per heavy atom. The molecule has 7 aliphatic heterocycles. The van der Waals surface area contributed by atoms with Crippen LogP contribution in [0.5, 0.6) is 0 Å². The smallest absolute Gasteiger partial charge is 0.348 e. The van der Waals surface area contributed by atoms with Crippen LogP contribution in [0, 0.1) is 6.92 Å². The van der Waals surface area contributed by atoms with Gasteiger partial charge in [0.2, 0.25) is 10.0 Å². The zero-order valence-corrected chi connectivity index (χ0v) is 66.2. The molecule has 15 heterocycles. The fourth-order valence-corrected chi connectivity index (χ4v) is 18.4. The molecule has 0 amide bonds. The summed E-state index contributed by atoms with van der Waals surface area (Å²) in [5, 5.41) is 36.5. The Bertz CT molecular complexity index is 5020. The van der Waals surface area contributed by atoms with Gasteiger partial charge in [-0.25, -0.2) is 73.4 Å². The Morgan fingerprint density at radius 2 is 0.910 bits per heavy atom. The lowest BCUT2D eigenvalue weighted by Gasteiger charge is -2.24. The van der Waals surface area contributed by atoms with Gasteiger partial charge in [-0.05, 0) is 88.7 Å². The molecule has 0 spiro atoms. The Balaban J connectivity index is 0.000000149. The SMILES string of the molecule is C.CC1(C)O[C@@H]2[C@H](O1)[C@@H](C=O)O[C@H]2n1cnc2c(Cl)ncnc21.CC1(C)O[C@@H]2[C@H](O1)[C@@H](CO)O[C@H]2n1cnc2c(Cl)ncnc21.CCOP(=O)(CS(=O)(=O)OCC)OCC.CCOS(=O)(=O)/C=C/[C@H]1O[C@@H](n2cnc3c(Cl)ncnc32)[C@@H]2OC(C)(C)O[C@@H]21.Cc1ncnc2c1ncn2[C@@H]1O[C@H](CCS(N)(=O)=O)[C@@H](O)[C@H]1O. The van der Waals surface area contributed by atoms with Crippen molar-refractivity contribution < 1.29 is 115 Å². The maximum atomic E-state index is 11.8. The van der Waals surface area contributed by atoms with Crippen molar-refractivity contribution in [2.45, 2.75) is 206 Å². The summed E-state index contributed by atoms with van der Waals surface area (Å²) in [7, 11) is -14.9. The van der Waals surface area contributed by atoms with Crippen molar-refractivity contribution in [3.8, 4) is 0 Å². The van der Waals surface area contributed by atoms with E-state index in [2.05, 4.69) is 64.0 Å². The van der Waals surface area contributed by atoms with E-state index in [9.17, 15) is 49.9 Å². The maximum Gasteiger partial charge on any atom is 0.348 e. The highest BCUT2D eigenvalue weighted by Gasteiger charge is 2.59. The fraction of sp³-hybridized carbons (Fsp3) is 0.629. The van der Waals surface area contributed by atoms with E-state index in [1.54, 1.807) is 81.7 Å². The third kappa shape index (κ3) is 19.7. The van der Waals surface area contributed by atoms with Gasteiger partial charge in [0.25, 0.3) is 20.2 Å². The number of hydrogen-bond acceptors (Lipinski definition) is 37. The molecule has 8 aromatic rings. The number of aliphatic hydroxyl groups excluding tert-OH is 3. The number of fused-ring (bicyclic) bond motifs is 7. The molecule has 0 aliphatic carbocycles. The van der Waals surface area contributed by atoms with Crippen LogP contribution in [0.2, 0.25) is 15.5 Å². The van der Waals surface area contributed by atoms with Gasteiger partial charge in [0, 0.05) is 0 Å². The topological polar surface area (TPSA) is 527 Å². The van der Waals surface area contributed by atoms with E-state index in [-0.39, 0.29) is 80.3 Å². The molecule has 5 N–H and O–H groups in total. The molecule has 49 heteroatoms. The van der Waals surface area contributed by atoms with E-state index >= 15 is 0 Å². The third-order valence-corrected chi connectivity index (χ3v) is 24.3. The number of halogens is 3. The average molecular weight is 1700 g/mol. The predicted molar refractivity (Wildman–Crippen MR) is 389 cm³/mol. The number of nitrogens with two attached hydrogens (primary N) is 1. The number of carbonyl (C=O) groups excluding carboxylic acids is 1. The lowest BCUT2D eigenvalue weighted by atomic mass is 10.1. The van der Waals surface area contributed by atoms with Crippen LogP contribution < -0.4 is 5.14 Å². The summed E-state index contributed by atoms with van der Waals surface area (Å²) in [6.07, 6.45) is 3.17. The highest BCUT2D eigenvalue weighted by Crippen LogP contribution is 2.50. The fourth-order valence-electron chi connectivity index (χ4n) is 12.9. The van der Waals surface area contributed by atoms with E-state index in [0.29, 0.717) is 50.3 Å². The number of sulfonamides is 1. The highest BCUT2D eigenvalue weighted by atomic mass is 35.5. The highest BCUT2D eigenvalue weighted by molar-refractivity contribution is 7.93. The summed E-state index contributed by atoms with van der Waals surface area (Å²) in [6, 6.07) is 0. The Hall–Kier alpha value is -6.16. The molecule has 0 saturated carbocycles. The Kier molecular flexibility index (Phi) is 27.6. The number of hydrogen-bond donors (Lipinski definition) is 4. The Morgan fingerprint density at radius 1 is 0.523 bits per heavy atom. The van der Waals surface area contributed by atoms with Crippen LogP contribution in [0.1, 0.15) is 114 Å². The van der Waals surface area contributed by atoms with Gasteiger partial charge in [-0.1, -0.05) is 42.2 Å². The molecule has 15 rings (SSSR count). The van der Waals surface area contributed by atoms with Crippen LogP contribution in [-0.2, 0) is 104 Å². The molecule has 0 bridgehead atoms. The summed E-state index contributed by atoms with van der Waals surface area (Å²) in [4.78, 5) is 60.6. The van der Waals surface area contributed by atoms with Gasteiger partial charge in [0.05, 0.1) is 81.3 Å². The minimum Gasteiger partial charge on any atom is -0.394 e. The molecule has 111 heavy (non-hydrogen) atoms. The second-order valence-electron chi connectivity index (χ2n) is 26.3. The number of ether oxygens (including phenoxy) is 10. The molecule has 16 atom stereocenters. The van der Waals surface area contributed by atoms with E-state index in [1.807, 2.05) is 13.8 Å². The van der Waals surface area contributed by atoms with Crippen LogP contribution in [0.25, 0.3) is 44.7 Å². The molecule has 0 aromatic carbocycles. The van der Waals surface area contributed by atoms with Gasteiger partial charge in [0.15, 0.2) is 92.1 Å². The molecular formula is C62H85Cl3N17O25PS3. The number of primary sulfonamides is 1. The summed E-state index contributed by atoms with van der Waals surface area (Å²) in [5.41, 5.74) is 3.89. The van der Waals surface area contributed by atoms with E-state index in [4.69, 9.17) is 101 Å². The minimum atomic E-state index is -3.85. The van der Waals surface area contributed by atoms with Crippen LogP contribution in [-0.4, -0.2) is 260 Å². The molecule has 42 nitrogen and oxygen atoms in total. The quantitative estimate of drug-likeness (QED) is 0.0335. The zero-order valence-electron chi connectivity index (χ0n) is 60.6. The van der Waals surface area contributed by atoms with E-state index in [1.165, 1.54) is 55.5 Å². The first kappa shape index (κ1) is 87.2. The number of nitrogens with zero attached hydrogens (tertiary/aromatic N) is 16. The van der Waals surface area contributed by atoms with Crippen molar-refractivity contribution >= 4 is 124 Å². The first-order valence-electron chi connectivity index (χ1n) is 33.9. The number of aliphatic hydroxyl groups is 3. The van der Waals surface area contributed by atoms with E-state index in [0.717, 1.165) is 11.7 Å². The summed E-state index contributed by atoms with van der Waals surface area (Å²) in [6.45, 7) is 19.1. The number of rotatable bonds is 21. The molecule has 8 aromatic heterocycles. The van der Waals surface area contributed by atoms with Gasteiger partial charge in [-0.2, -0.15) is 16.8 Å². The largest absolute Gasteiger partial charge is 0.394 e. The van der Waals surface area contributed by atoms with Gasteiger partial charge in [-0.15, -0.1) is 0 Å². The van der Waals surface area contributed by atoms with Crippen molar-refractivity contribution in [1.29, 1.82) is 0 Å². The van der Waals surface area contributed by atoms with Gasteiger partial charge < -0.3 is 76.5 Å². The standard InChI is InChI=1S/C16H19ClN4O6S.C13H15ClN4O4.C13H13ClN4O4.C12H17N5O5S.C7H17O6PS.CH4/c1-4-24-28(22,23)6-5-9-11-12(27-16(2,3)26-11)15(25-9)21-8-20-10-13(17)18-7-19-14(10)21;2*1-13(2)21-8-6(3-19)20-12(9(8)22-13)18-5-17-7-10(14)15-4-16-11(7)18;1-6-8-11(15-4-14-6)17(5-16-8)12-10(19)9(18)7(22-12)2-3-23(13,20)21;1-4-11-14(8,12-5-2)7-15(9,10)13-6-3;/h5-9,11-12,15H,4H2,1-3H3;4-6,8-9,12,19H,3H2,1-2H3;3-6,8-9,12H,1-2H3;4-5,7,9-10,12,18-19H,2-3H2,1H3,(H2,13,20,21);4-7H2,1-3H3;1H4/b6-5+;;;;;/t9-,11-,12-,15-;2*6-,8-,9-,12-;7-,9-,10-,12-;;/m1111../s1. The van der Waals surface area contributed by atoms with Crippen molar-refractivity contribution in [2.24, 2.45) is 5.14 Å². The molecule has 612 valence electrons. The molecular weight excluding hydrogens is 1620 g/mol. The van der Waals surface area contributed by atoms with Crippen LogP contribution in [0.15, 0.2) is 62.1 Å². The summed E-state index contributed by atoms with van der Waals surface area (Å²) in [5.74, 6) is -2.71. The minimum absolute atomic E-state index is 0. The van der Waals surface area contributed by atoms with Crippen molar-refractivity contribution in [3.05, 3.63) is 83.3 Å². The maximum absolute atomic E-state index is 11.8. The number of aryl methyl sites for hydroxylation is 1. The second kappa shape index (κ2) is 35.1. The lowest BCUT2D eigenvalue weighted by Crippen LogP contribution is -2.33. The van der Waals surface area contributed by atoms with Gasteiger partial charge >= 0.3 is 7.60 Å². The van der Waals surface area contributed by atoms with Crippen LogP contribution in [0.4, 0.5) is 0 Å². The molecule has 0 radical (unpaired) electrons. The molecule has 0 unspecified atom stereocenters. The molecule has 7 fully saturated rings. The number of aldehydes is 1. The summed E-state index contributed by atoms with van der Waals surface area (Å²) >= 11 is 18.1. The van der Waals surface area contributed by atoms with Crippen LogP contribution in [0.3, 0.4) is 0 Å². The first-order chi connectivity index (χ1) is 51.9. The first-order valence-corrected chi connectivity index (χ1v) is 41.6. The number of imidazole rings is 4. The summed E-state index contributed by atoms with van der Waals surface area (Å²) < 4.78 is 164. The normalized spacial score (nSPS) is 28.4. The second-order valence-corrected chi connectivity index (χ2v) is 34.7. The molecule has 7 aliphatic rings. The monoisotopic (exact) mass is 1700 g/mol.